The zero-order chi connectivity index (χ0) is 15.5. The number of rotatable bonds is 6. The van der Waals surface area contributed by atoms with Crippen LogP contribution >= 0.6 is 11.6 Å². The lowest BCUT2D eigenvalue weighted by atomic mass is 10.0. The molecule has 0 bridgehead atoms. The van der Waals surface area contributed by atoms with Crippen LogP contribution in [0.2, 0.25) is 5.02 Å². The molecule has 0 saturated carbocycles. The SMILES string of the molecule is CC[C@H](C)[C@H](NS(=O)(=O)c1cccc(Cl)c1F)C(=O)O. The molecule has 20 heavy (non-hydrogen) atoms. The largest absolute Gasteiger partial charge is 0.480 e. The number of hydrogen-bond donors (Lipinski definition) is 2. The van der Waals surface area contributed by atoms with Crippen LogP contribution in [0.25, 0.3) is 0 Å². The van der Waals surface area contributed by atoms with Gasteiger partial charge < -0.3 is 5.11 Å². The van der Waals surface area contributed by atoms with Gasteiger partial charge in [0.2, 0.25) is 10.0 Å². The van der Waals surface area contributed by atoms with Crippen LogP contribution in [0.3, 0.4) is 0 Å². The van der Waals surface area contributed by atoms with E-state index in [0.29, 0.717) is 6.42 Å². The Morgan fingerprint density at radius 2 is 2.10 bits per heavy atom. The van der Waals surface area contributed by atoms with Gasteiger partial charge in [0.1, 0.15) is 10.9 Å². The normalized spacial score (nSPS) is 14.8. The van der Waals surface area contributed by atoms with E-state index in [1.54, 1.807) is 13.8 Å². The lowest BCUT2D eigenvalue weighted by molar-refractivity contribution is -0.140. The van der Waals surface area contributed by atoms with Gasteiger partial charge in [-0.15, -0.1) is 0 Å². The Morgan fingerprint density at radius 3 is 2.60 bits per heavy atom. The minimum absolute atomic E-state index is 0.344. The molecule has 2 atom stereocenters. The quantitative estimate of drug-likeness (QED) is 0.841. The third-order valence-corrected chi connectivity index (χ3v) is 4.72. The van der Waals surface area contributed by atoms with E-state index in [9.17, 15) is 17.6 Å². The van der Waals surface area contributed by atoms with Crippen molar-refractivity contribution in [1.82, 2.24) is 4.72 Å². The molecule has 0 unspecified atom stereocenters. The first kappa shape index (κ1) is 16.9. The van der Waals surface area contributed by atoms with Crippen LogP contribution in [-0.4, -0.2) is 25.5 Å². The Morgan fingerprint density at radius 1 is 1.50 bits per heavy atom. The van der Waals surface area contributed by atoms with Crippen molar-refractivity contribution in [2.75, 3.05) is 0 Å². The van der Waals surface area contributed by atoms with Crippen molar-refractivity contribution in [2.24, 2.45) is 5.92 Å². The molecule has 5 nitrogen and oxygen atoms in total. The van der Waals surface area contributed by atoms with Crippen LogP contribution in [0, 0.1) is 11.7 Å². The van der Waals surface area contributed by atoms with Gasteiger partial charge in [-0.3, -0.25) is 4.79 Å². The van der Waals surface area contributed by atoms with Crippen molar-refractivity contribution < 1.29 is 22.7 Å². The van der Waals surface area contributed by atoms with Gasteiger partial charge in [0.15, 0.2) is 5.82 Å². The van der Waals surface area contributed by atoms with Crippen molar-refractivity contribution in [3.8, 4) is 0 Å². The van der Waals surface area contributed by atoms with Gasteiger partial charge in [-0.05, 0) is 18.1 Å². The smallest absolute Gasteiger partial charge is 0.322 e. The monoisotopic (exact) mass is 323 g/mol. The average Bonchev–Trinajstić information content (AvgIpc) is 2.37. The van der Waals surface area contributed by atoms with Gasteiger partial charge in [-0.2, -0.15) is 4.72 Å². The second kappa shape index (κ2) is 6.51. The van der Waals surface area contributed by atoms with Crippen molar-refractivity contribution >= 4 is 27.6 Å². The molecule has 0 aromatic heterocycles. The maximum atomic E-state index is 13.7. The minimum Gasteiger partial charge on any atom is -0.480 e. The van der Waals surface area contributed by atoms with E-state index in [1.165, 1.54) is 12.1 Å². The van der Waals surface area contributed by atoms with E-state index in [4.69, 9.17) is 16.7 Å². The minimum atomic E-state index is -4.30. The Kier molecular flexibility index (Phi) is 5.50. The summed E-state index contributed by atoms with van der Waals surface area (Å²) in [4.78, 5) is 10.4. The third-order valence-electron chi connectivity index (χ3n) is 2.97. The van der Waals surface area contributed by atoms with Gasteiger partial charge in [0.25, 0.3) is 0 Å². The number of sulfonamides is 1. The van der Waals surface area contributed by atoms with E-state index in [1.807, 2.05) is 4.72 Å². The summed E-state index contributed by atoms with van der Waals surface area (Å²) in [5.41, 5.74) is 0. The Labute approximate surface area is 121 Å². The van der Waals surface area contributed by atoms with Crippen molar-refractivity contribution in [1.29, 1.82) is 0 Å². The first-order valence-electron chi connectivity index (χ1n) is 5.89. The summed E-state index contributed by atoms with van der Waals surface area (Å²) < 4.78 is 39.9. The number of carbonyl (C=O) groups is 1. The summed E-state index contributed by atoms with van der Waals surface area (Å²) in [6.07, 6.45) is 0.456. The van der Waals surface area contributed by atoms with Gasteiger partial charge in [0, 0.05) is 0 Å². The maximum absolute atomic E-state index is 13.7. The van der Waals surface area contributed by atoms with E-state index in [0.717, 1.165) is 6.07 Å². The van der Waals surface area contributed by atoms with Crippen molar-refractivity contribution in [2.45, 2.75) is 31.2 Å². The van der Waals surface area contributed by atoms with Gasteiger partial charge >= 0.3 is 5.97 Å². The molecular weight excluding hydrogens is 309 g/mol. The number of nitrogens with one attached hydrogen (secondary N) is 1. The van der Waals surface area contributed by atoms with E-state index < -0.39 is 38.7 Å². The van der Waals surface area contributed by atoms with E-state index in [2.05, 4.69) is 0 Å². The van der Waals surface area contributed by atoms with Crippen LogP contribution in [0.5, 0.6) is 0 Å². The Balaban J connectivity index is 3.17. The zero-order valence-electron chi connectivity index (χ0n) is 10.9. The molecule has 0 radical (unpaired) electrons. The van der Waals surface area contributed by atoms with Crippen LogP contribution in [0.15, 0.2) is 23.1 Å². The lowest BCUT2D eigenvalue weighted by Crippen LogP contribution is -2.45. The molecule has 0 saturated heterocycles. The summed E-state index contributed by atoms with van der Waals surface area (Å²) in [5, 5.41) is 8.72. The number of aliphatic carboxylic acids is 1. The number of carboxylic acid groups (broad SMARTS) is 1. The molecule has 0 heterocycles. The van der Waals surface area contributed by atoms with Gasteiger partial charge in [-0.25, -0.2) is 12.8 Å². The van der Waals surface area contributed by atoms with E-state index in [-0.39, 0.29) is 5.02 Å². The predicted molar refractivity (Wildman–Crippen MR) is 72.6 cm³/mol. The Hall–Kier alpha value is -1.18. The third kappa shape index (κ3) is 3.68. The maximum Gasteiger partial charge on any atom is 0.322 e. The highest BCUT2D eigenvalue weighted by atomic mass is 35.5. The number of carboxylic acids is 1. The zero-order valence-corrected chi connectivity index (χ0v) is 12.5. The van der Waals surface area contributed by atoms with E-state index >= 15 is 0 Å². The summed E-state index contributed by atoms with van der Waals surface area (Å²) in [7, 11) is -4.30. The molecule has 0 spiro atoms. The standard InChI is InChI=1S/C12H15ClFNO4S/c1-3-7(2)11(12(16)17)15-20(18,19)9-6-4-5-8(13)10(9)14/h4-7,11,15H,3H2,1-2H3,(H,16,17)/t7-,11-/m0/s1. The fraction of sp³-hybridized carbons (Fsp3) is 0.417. The number of halogens is 2. The molecule has 1 rings (SSSR count). The van der Waals surface area contributed by atoms with Crippen LogP contribution in [-0.2, 0) is 14.8 Å². The lowest BCUT2D eigenvalue weighted by Gasteiger charge is -2.20. The summed E-state index contributed by atoms with van der Waals surface area (Å²) in [5.74, 6) is -2.86. The molecular formula is C12H15ClFNO4S. The van der Waals surface area contributed by atoms with Crippen LogP contribution in [0.4, 0.5) is 4.39 Å². The van der Waals surface area contributed by atoms with Crippen molar-refractivity contribution in [3.05, 3.63) is 29.0 Å². The molecule has 112 valence electrons. The molecule has 8 heteroatoms. The Bertz CT molecular complexity index is 605. The molecule has 0 aliphatic carbocycles. The second-order valence-corrected chi connectivity index (χ2v) is 6.46. The highest BCUT2D eigenvalue weighted by molar-refractivity contribution is 7.89. The van der Waals surface area contributed by atoms with Gasteiger partial charge in [0.05, 0.1) is 5.02 Å². The first-order chi connectivity index (χ1) is 9.20. The predicted octanol–water partition coefficient (Wildman–Crippen LogP) is 2.26. The molecule has 0 amide bonds. The van der Waals surface area contributed by atoms with Gasteiger partial charge in [-0.1, -0.05) is 37.9 Å². The fourth-order valence-electron chi connectivity index (χ4n) is 1.57. The number of hydrogen-bond acceptors (Lipinski definition) is 3. The molecule has 0 aliphatic rings. The summed E-state index contributed by atoms with van der Waals surface area (Å²) >= 11 is 5.53. The van der Waals surface area contributed by atoms with Crippen molar-refractivity contribution in [3.63, 3.8) is 0 Å². The fourth-order valence-corrected chi connectivity index (χ4v) is 3.20. The topological polar surface area (TPSA) is 83.5 Å². The molecule has 2 N–H and O–H groups in total. The first-order valence-corrected chi connectivity index (χ1v) is 7.76. The molecule has 0 fully saturated rings. The molecule has 1 aromatic rings. The molecule has 1 aromatic carbocycles. The highest BCUT2D eigenvalue weighted by Crippen LogP contribution is 2.22. The van der Waals surface area contributed by atoms with Crippen LogP contribution < -0.4 is 4.72 Å². The number of benzene rings is 1. The molecule has 0 aliphatic heterocycles. The average molecular weight is 324 g/mol. The summed E-state index contributed by atoms with van der Waals surface area (Å²) in [6.45, 7) is 3.32. The summed E-state index contributed by atoms with van der Waals surface area (Å²) in [6, 6.07) is 2.18. The highest BCUT2D eigenvalue weighted by Gasteiger charge is 2.31. The second-order valence-electron chi connectivity index (χ2n) is 4.37. The van der Waals surface area contributed by atoms with Crippen LogP contribution in [0.1, 0.15) is 20.3 Å².